The molecule has 0 spiro atoms. The molecule has 0 bridgehead atoms. The Labute approximate surface area is 123 Å². The van der Waals surface area contributed by atoms with Crippen LogP contribution in [0.4, 0.5) is 0 Å². The fraction of sp³-hybridized carbons (Fsp3) is 0.438. The average molecular weight is 286 g/mol. The number of amides is 1. The first-order valence-electron chi connectivity index (χ1n) is 7.19. The maximum atomic E-state index is 11.9. The fourth-order valence-corrected chi connectivity index (χ4v) is 3.50. The summed E-state index contributed by atoms with van der Waals surface area (Å²) in [6.07, 6.45) is 5.13. The van der Waals surface area contributed by atoms with Gasteiger partial charge in [0.25, 0.3) is 5.91 Å². The Morgan fingerprint density at radius 1 is 1.20 bits per heavy atom. The van der Waals surface area contributed by atoms with E-state index in [4.69, 9.17) is 0 Å². The quantitative estimate of drug-likeness (QED) is 0.795. The van der Waals surface area contributed by atoms with Gasteiger partial charge < -0.3 is 0 Å². The molecule has 1 aromatic carbocycles. The number of nitrogens with zero attached hydrogens (tertiary/aromatic N) is 2. The van der Waals surface area contributed by atoms with Crippen LogP contribution in [0.3, 0.4) is 0 Å². The maximum Gasteiger partial charge on any atom is 0.256 e. The van der Waals surface area contributed by atoms with Crippen molar-refractivity contribution < 1.29 is 4.79 Å². The number of aliphatic imine (C=N–C) groups is 2. The van der Waals surface area contributed by atoms with Gasteiger partial charge in [-0.15, -0.1) is 0 Å². The number of hydrogen-bond donors (Lipinski definition) is 0. The molecule has 1 amide bonds. The summed E-state index contributed by atoms with van der Waals surface area (Å²) in [5.74, 6) is 0.990. The van der Waals surface area contributed by atoms with E-state index in [1.54, 1.807) is 11.8 Å². The van der Waals surface area contributed by atoms with Crippen LogP contribution < -0.4 is 0 Å². The molecule has 0 radical (unpaired) electrons. The number of benzene rings is 1. The maximum absolute atomic E-state index is 11.9. The lowest BCUT2D eigenvalue weighted by Gasteiger charge is -2.13. The van der Waals surface area contributed by atoms with Crippen LogP contribution in [0.5, 0.6) is 0 Å². The number of amidine groups is 1. The Morgan fingerprint density at radius 2 is 2.05 bits per heavy atom. The van der Waals surface area contributed by atoms with E-state index in [0.717, 1.165) is 43.6 Å². The number of rotatable bonds is 4. The summed E-state index contributed by atoms with van der Waals surface area (Å²) in [6.45, 7) is 0. The lowest BCUT2D eigenvalue weighted by atomic mass is 10.1. The molecule has 104 valence electrons. The van der Waals surface area contributed by atoms with Crippen molar-refractivity contribution in [3.63, 3.8) is 0 Å². The highest BCUT2D eigenvalue weighted by Gasteiger charge is 2.32. The zero-order chi connectivity index (χ0) is 13.8. The molecule has 0 aromatic heterocycles. The van der Waals surface area contributed by atoms with Gasteiger partial charge in [0.05, 0.1) is 5.92 Å². The van der Waals surface area contributed by atoms with Crippen molar-refractivity contribution in [3.05, 3.63) is 35.9 Å². The van der Waals surface area contributed by atoms with E-state index in [-0.39, 0.29) is 11.8 Å². The topological polar surface area (TPSA) is 41.8 Å². The molecule has 1 atom stereocenters. The molecule has 1 aliphatic carbocycles. The number of fused-ring (bicyclic) bond motifs is 1. The number of carbonyl (C=O) groups excluding carboxylic acids is 1. The zero-order valence-corrected chi connectivity index (χ0v) is 12.2. The highest BCUT2D eigenvalue weighted by Crippen LogP contribution is 2.28. The van der Waals surface area contributed by atoms with E-state index in [9.17, 15) is 4.79 Å². The first kappa shape index (κ1) is 13.6. The minimum atomic E-state index is 0.00340. The number of carbonyl (C=O) groups is 1. The molecule has 1 unspecified atom stereocenters. The highest BCUT2D eigenvalue weighted by atomic mass is 32.2. The van der Waals surface area contributed by atoms with E-state index >= 15 is 0 Å². The van der Waals surface area contributed by atoms with Crippen molar-refractivity contribution in [2.75, 3.05) is 5.75 Å². The smallest absolute Gasteiger partial charge is 0.256 e. The Kier molecular flexibility index (Phi) is 4.31. The molecular weight excluding hydrogens is 268 g/mol. The first-order chi connectivity index (χ1) is 9.83. The van der Waals surface area contributed by atoms with Crippen LogP contribution >= 0.6 is 11.8 Å². The molecule has 0 N–H and O–H groups in total. The normalized spacial score (nSPS) is 21.4. The van der Waals surface area contributed by atoms with Crippen LogP contribution in [-0.4, -0.2) is 22.5 Å². The van der Waals surface area contributed by atoms with E-state index in [1.165, 1.54) is 5.56 Å². The predicted octanol–water partition coefficient (Wildman–Crippen LogP) is 3.49. The largest absolute Gasteiger partial charge is 0.272 e. The van der Waals surface area contributed by atoms with Gasteiger partial charge in [-0.25, -0.2) is 4.99 Å². The van der Waals surface area contributed by atoms with E-state index in [0.29, 0.717) is 5.17 Å². The van der Waals surface area contributed by atoms with E-state index < -0.39 is 0 Å². The molecule has 0 saturated heterocycles. The van der Waals surface area contributed by atoms with Gasteiger partial charge in [-0.2, -0.15) is 4.99 Å². The van der Waals surface area contributed by atoms with Crippen molar-refractivity contribution in [2.45, 2.75) is 32.1 Å². The van der Waals surface area contributed by atoms with Gasteiger partial charge in [0, 0.05) is 11.5 Å². The summed E-state index contributed by atoms with van der Waals surface area (Å²) in [5, 5.41) is 0.677. The van der Waals surface area contributed by atoms with Crippen LogP contribution in [0.1, 0.15) is 31.2 Å². The van der Waals surface area contributed by atoms with Crippen molar-refractivity contribution >= 4 is 28.5 Å². The second-order valence-electron chi connectivity index (χ2n) is 5.22. The van der Waals surface area contributed by atoms with Crippen molar-refractivity contribution in [1.29, 1.82) is 0 Å². The minimum Gasteiger partial charge on any atom is -0.272 e. The van der Waals surface area contributed by atoms with Gasteiger partial charge >= 0.3 is 0 Å². The van der Waals surface area contributed by atoms with E-state index in [2.05, 4.69) is 34.3 Å². The Bertz CT molecular complexity index is 551. The summed E-state index contributed by atoms with van der Waals surface area (Å²) in [4.78, 5) is 20.5. The van der Waals surface area contributed by atoms with Gasteiger partial charge in [0.15, 0.2) is 5.17 Å². The average Bonchev–Trinajstić information content (AvgIpc) is 2.94. The summed E-state index contributed by atoms with van der Waals surface area (Å²) < 4.78 is 0. The summed E-state index contributed by atoms with van der Waals surface area (Å²) in [6, 6.07) is 10.5. The molecule has 3 nitrogen and oxygen atoms in total. The second kappa shape index (κ2) is 6.35. The zero-order valence-electron chi connectivity index (χ0n) is 11.4. The van der Waals surface area contributed by atoms with Gasteiger partial charge in [-0.1, -0.05) is 42.1 Å². The SMILES string of the molecule is O=C1N=C(SCCCc2ccccc2)N=C2CCCC12. The van der Waals surface area contributed by atoms with Gasteiger partial charge in [-0.3, -0.25) is 4.79 Å². The van der Waals surface area contributed by atoms with E-state index in [1.807, 2.05) is 6.07 Å². The number of aryl methyl sites for hydroxylation is 1. The van der Waals surface area contributed by atoms with Gasteiger partial charge in [-0.05, 0) is 37.7 Å². The Morgan fingerprint density at radius 3 is 2.90 bits per heavy atom. The fourth-order valence-electron chi connectivity index (χ4n) is 2.70. The molecule has 1 fully saturated rings. The lowest BCUT2D eigenvalue weighted by Crippen LogP contribution is -2.23. The second-order valence-corrected chi connectivity index (χ2v) is 6.28. The van der Waals surface area contributed by atoms with Crippen LogP contribution in [0.15, 0.2) is 40.3 Å². The molecule has 3 rings (SSSR count). The van der Waals surface area contributed by atoms with Crippen molar-refractivity contribution in [2.24, 2.45) is 15.9 Å². The third-order valence-corrected chi connectivity index (χ3v) is 4.69. The molecule has 1 saturated carbocycles. The van der Waals surface area contributed by atoms with Crippen LogP contribution in [-0.2, 0) is 11.2 Å². The van der Waals surface area contributed by atoms with Crippen LogP contribution in [0.25, 0.3) is 0 Å². The molecule has 20 heavy (non-hydrogen) atoms. The number of thioether (sulfide) groups is 1. The monoisotopic (exact) mass is 286 g/mol. The van der Waals surface area contributed by atoms with Crippen molar-refractivity contribution in [3.8, 4) is 0 Å². The first-order valence-corrected chi connectivity index (χ1v) is 8.18. The minimum absolute atomic E-state index is 0.00340. The van der Waals surface area contributed by atoms with Crippen molar-refractivity contribution in [1.82, 2.24) is 0 Å². The molecule has 1 aliphatic heterocycles. The molecule has 2 aliphatic rings. The Balaban J connectivity index is 1.48. The van der Waals surface area contributed by atoms with Gasteiger partial charge in [0.1, 0.15) is 0 Å². The molecule has 4 heteroatoms. The Hall–Kier alpha value is -1.42. The molecular formula is C16H18N2OS. The number of hydrogen-bond acceptors (Lipinski definition) is 3. The van der Waals surface area contributed by atoms with Gasteiger partial charge in [0.2, 0.25) is 0 Å². The molecule has 1 aromatic rings. The predicted molar refractivity (Wildman–Crippen MR) is 84.4 cm³/mol. The highest BCUT2D eigenvalue weighted by molar-refractivity contribution is 8.13. The third kappa shape index (κ3) is 3.18. The van der Waals surface area contributed by atoms with Crippen LogP contribution in [0, 0.1) is 5.92 Å². The summed E-state index contributed by atoms with van der Waals surface area (Å²) >= 11 is 1.61. The summed E-state index contributed by atoms with van der Waals surface area (Å²) in [7, 11) is 0. The summed E-state index contributed by atoms with van der Waals surface area (Å²) in [5.41, 5.74) is 2.42. The van der Waals surface area contributed by atoms with Crippen LogP contribution in [0.2, 0.25) is 0 Å². The standard InChI is InChI=1S/C16H18N2OS/c19-15-13-9-4-10-14(13)17-16(18-15)20-11-5-8-12-6-2-1-3-7-12/h1-3,6-7,13H,4-5,8-11H2. The lowest BCUT2D eigenvalue weighted by molar-refractivity contribution is -0.119. The third-order valence-electron chi connectivity index (χ3n) is 3.75. The molecule has 1 heterocycles.